The summed E-state index contributed by atoms with van der Waals surface area (Å²) in [6, 6.07) is 7.66. The zero-order valence-electron chi connectivity index (χ0n) is 11.6. The summed E-state index contributed by atoms with van der Waals surface area (Å²) in [6.45, 7) is 3.93. The normalized spacial score (nSPS) is 13.2. The molecule has 0 heterocycles. The van der Waals surface area contributed by atoms with Crippen molar-refractivity contribution in [3.63, 3.8) is 0 Å². The smallest absolute Gasteiger partial charge is 0.215 e. The van der Waals surface area contributed by atoms with Crippen molar-refractivity contribution in [2.75, 3.05) is 12.9 Å². The molecule has 0 aliphatic rings. The van der Waals surface area contributed by atoms with Crippen LogP contribution in [0.3, 0.4) is 0 Å². The third kappa shape index (κ3) is 5.33. The van der Waals surface area contributed by atoms with Crippen molar-refractivity contribution in [2.24, 2.45) is 0 Å². The SMILES string of the molecule is CCC(CS)SC(=O)/C(C)=C/c1ccc(OC)cc1. The molecule has 1 rings (SSSR count). The van der Waals surface area contributed by atoms with Crippen LogP contribution in [0.5, 0.6) is 5.75 Å². The van der Waals surface area contributed by atoms with E-state index in [1.165, 1.54) is 11.8 Å². The number of hydrogen-bond acceptors (Lipinski definition) is 4. The topological polar surface area (TPSA) is 26.3 Å². The first-order valence-electron chi connectivity index (χ1n) is 6.24. The molecule has 0 bridgehead atoms. The molecule has 0 spiro atoms. The van der Waals surface area contributed by atoms with Gasteiger partial charge in [-0.3, -0.25) is 4.79 Å². The summed E-state index contributed by atoms with van der Waals surface area (Å²) >= 11 is 5.62. The Morgan fingerprint density at radius 3 is 2.53 bits per heavy atom. The van der Waals surface area contributed by atoms with E-state index in [1.807, 2.05) is 37.3 Å². The Balaban J connectivity index is 2.71. The number of thiol groups is 1. The Bertz CT molecular complexity index is 434. The minimum Gasteiger partial charge on any atom is -0.497 e. The molecule has 1 aromatic carbocycles. The third-order valence-corrected chi connectivity index (χ3v) is 4.81. The molecule has 0 fully saturated rings. The van der Waals surface area contributed by atoms with E-state index in [-0.39, 0.29) is 10.4 Å². The molecule has 1 atom stereocenters. The minimum absolute atomic E-state index is 0.122. The van der Waals surface area contributed by atoms with E-state index in [4.69, 9.17) is 4.74 Å². The van der Waals surface area contributed by atoms with Gasteiger partial charge >= 0.3 is 0 Å². The van der Waals surface area contributed by atoms with E-state index >= 15 is 0 Å². The molecular formula is C15H20O2S2. The summed E-state index contributed by atoms with van der Waals surface area (Å²) in [5.41, 5.74) is 1.77. The standard InChI is InChI=1S/C15H20O2S2/c1-4-14(10-18)19-15(16)11(2)9-12-5-7-13(17-3)8-6-12/h5-9,14,18H,4,10H2,1-3H3/b11-9+. The van der Waals surface area contributed by atoms with Crippen molar-refractivity contribution < 1.29 is 9.53 Å². The first kappa shape index (κ1) is 16.2. The predicted octanol–water partition coefficient (Wildman–Crippen LogP) is 4.07. The van der Waals surface area contributed by atoms with E-state index in [2.05, 4.69) is 19.6 Å². The summed E-state index contributed by atoms with van der Waals surface area (Å²) in [5, 5.41) is 0.409. The quantitative estimate of drug-likeness (QED) is 0.633. The van der Waals surface area contributed by atoms with Gasteiger partial charge in [0.15, 0.2) is 0 Å². The van der Waals surface area contributed by atoms with Crippen LogP contribution < -0.4 is 4.74 Å². The van der Waals surface area contributed by atoms with Gasteiger partial charge in [-0.2, -0.15) is 12.6 Å². The van der Waals surface area contributed by atoms with Crippen molar-refractivity contribution >= 4 is 35.6 Å². The summed E-state index contributed by atoms with van der Waals surface area (Å²) < 4.78 is 5.10. The molecule has 0 N–H and O–H groups in total. The maximum Gasteiger partial charge on any atom is 0.215 e. The second-order valence-electron chi connectivity index (χ2n) is 4.22. The Hall–Kier alpha value is -0.870. The van der Waals surface area contributed by atoms with Crippen LogP contribution in [0.2, 0.25) is 0 Å². The number of rotatable bonds is 6. The molecule has 19 heavy (non-hydrogen) atoms. The predicted molar refractivity (Wildman–Crippen MR) is 87.2 cm³/mol. The molecule has 2 nitrogen and oxygen atoms in total. The van der Waals surface area contributed by atoms with Gasteiger partial charge < -0.3 is 4.74 Å². The maximum atomic E-state index is 12.0. The summed E-state index contributed by atoms with van der Waals surface area (Å²) in [6.07, 6.45) is 2.86. The van der Waals surface area contributed by atoms with Crippen LogP contribution in [-0.2, 0) is 4.79 Å². The van der Waals surface area contributed by atoms with Crippen LogP contribution >= 0.6 is 24.4 Å². The fourth-order valence-corrected chi connectivity index (χ4v) is 2.77. The van der Waals surface area contributed by atoms with Gasteiger partial charge in [0.05, 0.1) is 7.11 Å². The van der Waals surface area contributed by atoms with Gasteiger partial charge in [0.1, 0.15) is 5.75 Å². The van der Waals surface area contributed by atoms with E-state index in [0.717, 1.165) is 29.1 Å². The second kappa shape index (κ2) is 8.33. The lowest BCUT2D eigenvalue weighted by Gasteiger charge is -2.10. The number of carbonyl (C=O) groups excluding carboxylic acids is 1. The van der Waals surface area contributed by atoms with Gasteiger partial charge in [-0.15, -0.1) is 0 Å². The molecule has 0 aliphatic heterocycles. The highest BCUT2D eigenvalue weighted by Gasteiger charge is 2.12. The molecule has 0 saturated heterocycles. The van der Waals surface area contributed by atoms with Crippen LogP contribution in [0.1, 0.15) is 25.8 Å². The monoisotopic (exact) mass is 296 g/mol. The molecule has 104 valence electrons. The van der Waals surface area contributed by atoms with E-state index in [1.54, 1.807) is 7.11 Å². The van der Waals surface area contributed by atoms with E-state index in [0.29, 0.717) is 0 Å². The van der Waals surface area contributed by atoms with Gasteiger partial charge in [-0.05, 0) is 37.1 Å². The molecule has 1 unspecified atom stereocenters. The highest BCUT2D eigenvalue weighted by molar-refractivity contribution is 8.15. The number of benzene rings is 1. The lowest BCUT2D eigenvalue weighted by molar-refractivity contribution is -0.107. The van der Waals surface area contributed by atoms with Crippen molar-refractivity contribution in [1.29, 1.82) is 0 Å². The lowest BCUT2D eigenvalue weighted by atomic mass is 10.1. The Kier molecular flexibility index (Phi) is 7.10. The summed E-state index contributed by atoms with van der Waals surface area (Å²) in [5.74, 6) is 1.54. The Morgan fingerprint density at radius 1 is 1.42 bits per heavy atom. The average Bonchev–Trinajstić information content (AvgIpc) is 2.45. The largest absolute Gasteiger partial charge is 0.497 e. The van der Waals surface area contributed by atoms with Crippen molar-refractivity contribution in [2.45, 2.75) is 25.5 Å². The van der Waals surface area contributed by atoms with Crippen LogP contribution in [0.4, 0.5) is 0 Å². The third-order valence-electron chi connectivity index (χ3n) is 2.75. The number of methoxy groups -OCH3 is 1. The molecular weight excluding hydrogens is 276 g/mol. The molecule has 4 heteroatoms. The summed E-state index contributed by atoms with van der Waals surface area (Å²) in [4.78, 5) is 12.0. The maximum absolute atomic E-state index is 12.0. The molecule has 0 saturated carbocycles. The van der Waals surface area contributed by atoms with Crippen molar-refractivity contribution in [3.05, 3.63) is 35.4 Å². The van der Waals surface area contributed by atoms with Gasteiger partial charge in [-0.1, -0.05) is 30.8 Å². The van der Waals surface area contributed by atoms with E-state index < -0.39 is 0 Å². The van der Waals surface area contributed by atoms with Crippen LogP contribution in [0.15, 0.2) is 29.8 Å². The van der Waals surface area contributed by atoms with Gasteiger partial charge in [0.25, 0.3) is 0 Å². The summed E-state index contributed by atoms with van der Waals surface area (Å²) in [7, 11) is 1.64. The second-order valence-corrected chi connectivity index (χ2v) is 5.86. The first-order valence-corrected chi connectivity index (χ1v) is 7.76. The van der Waals surface area contributed by atoms with Crippen LogP contribution in [-0.4, -0.2) is 23.2 Å². The number of thioether (sulfide) groups is 1. The Morgan fingerprint density at radius 2 is 2.05 bits per heavy atom. The van der Waals surface area contributed by atoms with Crippen LogP contribution in [0.25, 0.3) is 6.08 Å². The van der Waals surface area contributed by atoms with Gasteiger partial charge in [-0.25, -0.2) is 0 Å². The molecule has 0 aliphatic carbocycles. The number of hydrogen-bond donors (Lipinski definition) is 1. The zero-order valence-corrected chi connectivity index (χ0v) is 13.3. The van der Waals surface area contributed by atoms with Crippen LogP contribution in [0, 0.1) is 0 Å². The fraction of sp³-hybridized carbons (Fsp3) is 0.400. The highest BCUT2D eigenvalue weighted by atomic mass is 32.2. The first-order chi connectivity index (χ1) is 9.10. The highest BCUT2D eigenvalue weighted by Crippen LogP contribution is 2.22. The van der Waals surface area contributed by atoms with Gasteiger partial charge in [0.2, 0.25) is 5.12 Å². The van der Waals surface area contributed by atoms with E-state index in [9.17, 15) is 4.79 Å². The molecule has 0 amide bonds. The fourth-order valence-electron chi connectivity index (χ4n) is 1.50. The molecule has 1 aromatic rings. The Labute approximate surface area is 125 Å². The minimum atomic E-state index is 0.122. The number of ether oxygens (including phenoxy) is 1. The average molecular weight is 296 g/mol. The van der Waals surface area contributed by atoms with Gasteiger partial charge in [0, 0.05) is 16.6 Å². The van der Waals surface area contributed by atoms with Crippen molar-refractivity contribution in [3.8, 4) is 5.75 Å². The molecule has 0 radical (unpaired) electrons. The molecule has 0 aromatic heterocycles. The lowest BCUT2D eigenvalue weighted by Crippen LogP contribution is -2.07. The van der Waals surface area contributed by atoms with Crippen molar-refractivity contribution in [1.82, 2.24) is 0 Å². The zero-order chi connectivity index (χ0) is 14.3. The number of carbonyl (C=O) groups is 1.